The van der Waals surface area contributed by atoms with E-state index in [9.17, 15) is 9.59 Å². The number of benzene rings is 1. The Bertz CT molecular complexity index is 459. The average Bonchev–Trinajstić information content (AvgIpc) is 2.37. The van der Waals surface area contributed by atoms with Crippen molar-refractivity contribution in [1.29, 1.82) is 0 Å². The van der Waals surface area contributed by atoms with E-state index in [0.717, 1.165) is 11.8 Å². The minimum absolute atomic E-state index is 0.112. The van der Waals surface area contributed by atoms with E-state index in [1.807, 2.05) is 0 Å². The average molecular weight is 269 g/mol. The Labute approximate surface area is 110 Å². The second-order valence-corrected chi connectivity index (χ2v) is 4.61. The van der Waals surface area contributed by atoms with Crippen molar-refractivity contribution in [1.82, 2.24) is 4.90 Å². The van der Waals surface area contributed by atoms with Gasteiger partial charge in [0.1, 0.15) is 5.75 Å². The van der Waals surface area contributed by atoms with E-state index in [-0.39, 0.29) is 5.24 Å². The zero-order valence-electron chi connectivity index (χ0n) is 10.7. The van der Waals surface area contributed by atoms with Gasteiger partial charge in [0.25, 0.3) is 5.24 Å². The highest BCUT2D eigenvalue weighted by molar-refractivity contribution is 8.13. The number of carbonyl (C=O) groups is 2. The van der Waals surface area contributed by atoms with Gasteiger partial charge in [0.05, 0.1) is 24.7 Å². The molecule has 0 aliphatic heterocycles. The number of hydrogen-bond acceptors (Lipinski definition) is 5. The molecule has 0 heterocycles. The molecule has 1 amide bonds. The van der Waals surface area contributed by atoms with E-state index in [1.54, 1.807) is 32.3 Å². The standard InChI is InChI=1S/C12H15NO4S/c1-13(2)12(15)18-10-6-5-8(11(14)17-4)7-9(10)16-3/h5-7H,1-4H3. The van der Waals surface area contributed by atoms with Gasteiger partial charge in [-0.2, -0.15) is 0 Å². The van der Waals surface area contributed by atoms with Gasteiger partial charge in [-0.1, -0.05) is 0 Å². The topological polar surface area (TPSA) is 55.8 Å². The van der Waals surface area contributed by atoms with Gasteiger partial charge in [0.15, 0.2) is 0 Å². The first-order chi connectivity index (χ1) is 8.49. The molecule has 98 valence electrons. The summed E-state index contributed by atoms with van der Waals surface area (Å²) in [5.74, 6) is 0.0295. The second kappa shape index (κ2) is 6.30. The summed E-state index contributed by atoms with van der Waals surface area (Å²) in [6.07, 6.45) is 0. The van der Waals surface area contributed by atoms with E-state index in [1.165, 1.54) is 19.1 Å². The summed E-state index contributed by atoms with van der Waals surface area (Å²) in [6, 6.07) is 4.81. The number of hydrogen-bond donors (Lipinski definition) is 0. The highest BCUT2D eigenvalue weighted by Crippen LogP contribution is 2.31. The lowest BCUT2D eigenvalue weighted by Crippen LogP contribution is -2.16. The van der Waals surface area contributed by atoms with Crippen molar-refractivity contribution in [3.63, 3.8) is 0 Å². The smallest absolute Gasteiger partial charge is 0.337 e. The second-order valence-electron chi connectivity index (χ2n) is 3.62. The van der Waals surface area contributed by atoms with Crippen LogP contribution in [0.4, 0.5) is 4.79 Å². The van der Waals surface area contributed by atoms with Gasteiger partial charge < -0.3 is 14.4 Å². The highest BCUT2D eigenvalue weighted by Gasteiger charge is 2.14. The number of esters is 1. The van der Waals surface area contributed by atoms with Gasteiger partial charge in [-0.05, 0) is 30.0 Å². The van der Waals surface area contributed by atoms with Gasteiger partial charge >= 0.3 is 5.97 Å². The third kappa shape index (κ3) is 3.40. The maximum absolute atomic E-state index is 11.6. The SMILES string of the molecule is COC(=O)c1ccc(SC(=O)N(C)C)c(OC)c1. The first kappa shape index (κ1) is 14.4. The third-order valence-electron chi connectivity index (χ3n) is 2.15. The molecule has 0 aliphatic carbocycles. The largest absolute Gasteiger partial charge is 0.496 e. The third-order valence-corrected chi connectivity index (χ3v) is 3.24. The lowest BCUT2D eigenvalue weighted by atomic mass is 10.2. The van der Waals surface area contributed by atoms with Crippen molar-refractivity contribution in [3.05, 3.63) is 23.8 Å². The summed E-state index contributed by atoms with van der Waals surface area (Å²) < 4.78 is 9.78. The molecule has 0 saturated heterocycles. The number of carbonyl (C=O) groups excluding carboxylic acids is 2. The van der Waals surface area contributed by atoms with Gasteiger partial charge in [0, 0.05) is 14.1 Å². The number of ether oxygens (including phenoxy) is 2. The summed E-state index contributed by atoms with van der Waals surface area (Å²) >= 11 is 1.04. The Morgan fingerprint density at radius 2 is 1.89 bits per heavy atom. The Hall–Kier alpha value is -1.69. The molecule has 0 aromatic heterocycles. The molecular weight excluding hydrogens is 254 g/mol. The molecule has 18 heavy (non-hydrogen) atoms. The minimum atomic E-state index is -0.441. The van der Waals surface area contributed by atoms with E-state index in [2.05, 4.69) is 4.74 Å². The quantitative estimate of drug-likeness (QED) is 0.622. The first-order valence-corrected chi connectivity index (χ1v) is 5.96. The number of thioether (sulfide) groups is 1. The van der Waals surface area contributed by atoms with Gasteiger partial charge in [0.2, 0.25) is 0 Å². The van der Waals surface area contributed by atoms with E-state index in [0.29, 0.717) is 16.2 Å². The number of amides is 1. The minimum Gasteiger partial charge on any atom is -0.496 e. The summed E-state index contributed by atoms with van der Waals surface area (Å²) in [5.41, 5.74) is 0.385. The molecule has 0 unspecified atom stereocenters. The van der Waals surface area contributed by atoms with Crippen LogP contribution in [0.2, 0.25) is 0 Å². The molecular formula is C12H15NO4S. The van der Waals surface area contributed by atoms with Crippen LogP contribution in [-0.4, -0.2) is 44.4 Å². The maximum Gasteiger partial charge on any atom is 0.337 e. The Balaban J connectivity index is 3.00. The van der Waals surface area contributed by atoms with Crippen molar-refractivity contribution in [3.8, 4) is 5.75 Å². The van der Waals surface area contributed by atoms with Crippen molar-refractivity contribution in [2.75, 3.05) is 28.3 Å². The van der Waals surface area contributed by atoms with Crippen LogP contribution in [0.15, 0.2) is 23.1 Å². The molecule has 1 rings (SSSR count). The van der Waals surface area contributed by atoms with E-state index in [4.69, 9.17) is 4.74 Å². The molecule has 0 N–H and O–H groups in total. The van der Waals surface area contributed by atoms with Crippen LogP contribution in [-0.2, 0) is 4.74 Å². The summed E-state index contributed by atoms with van der Waals surface area (Å²) in [6.45, 7) is 0. The summed E-state index contributed by atoms with van der Waals surface area (Å²) in [7, 11) is 6.14. The van der Waals surface area contributed by atoms with E-state index >= 15 is 0 Å². The van der Waals surface area contributed by atoms with Crippen LogP contribution < -0.4 is 4.74 Å². The monoisotopic (exact) mass is 269 g/mol. The van der Waals surface area contributed by atoms with Crippen LogP contribution in [0.5, 0.6) is 5.75 Å². The molecule has 0 saturated carbocycles. The van der Waals surface area contributed by atoms with Gasteiger partial charge in [-0.25, -0.2) is 4.79 Å². The molecule has 0 aliphatic rings. The van der Waals surface area contributed by atoms with Crippen molar-refractivity contribution in [2.45, 2.75) is 4.90 Å². The fourth-order valence-electron chi connectivity index (χ4n) is 1.18. The van der Waals surface area contributed by atoms with Crippen LogP contribution in [0.3, 0.4) is 0 Å². The maximum atomic E-state index is 11.6. The molecule has 0 radical (unpaired) electrons. The fraction of sp³-hybridized carbons (Fsp3) is 0.333. The summed E-state index contributed by atoms with van der Waals surface area (Å²) in [4.78, 5) is 25.1. The van der Waals surface area contributed by atoms with Crippen LogP contribution >= 0.6 is 11.8 Å². The molecule has 0 fully saturated rings. The fourth-order valence-corrected chi connectivity index (χ4v) is 1.93. The van der Waals surface area contributed by atoms with Gasteiger partial charge in [-0.3, -0.25) is 4.79 Å². The van der Waals surface area contributed by atoms with Gasteiger partial charge in [-0.15, -0.1) is 0 Å². The zero-order valence-corrected chi connectivity index (χ0v) is 11.5. The number of methoxy groups -OCH3 is 2. The van der Waals surface area contributed by atoms with Crippen LogP contribution in [0.1, 0.15) is 10.4 Å². The number of rotatable bonds is 3. The molecule has 0 atom stereocenters. The molecule has 5 nitrogen and oxygen atoms in total. The zero-order chi connectivity index (χ0) is 13.7. The predicted molar refractivity (Wildman–Crippen MR) is 69.3 cm³/mol. The van der Waals surface area contributed by atoms with Crippen LogP contribution in [0, 0.1) is 0 Å². The molecule has 1 aromatic carbocycles. The Kier molecular flexibility index (Phi) is 5.03. The molecule has 1 aromatic rings. The summed E-state index contributed by atoms with van der Waals surface area (Å²) in [5, 5.41) is -0.112. The molecule has 0 bridgehead atoms. The highest BCUT2D eigenvalue weighted by atomic mass is 32.2. The first-order valence-electron chi connectivity index (χ1n) is 5.15. The lowest BCUT2D eigenvalue weighted by molar-refractivity contribution is 0.0600. The lowest BCUT2D eigenvalue weighted by Gasteiger charge is -2.12. The Morgan fingerprint density at radius 3 is 2.39 bits per heavy atom. The predicted octanol–water partition coefficient (Wildman–Crippen LogP) is 2.26. The van der Waals surface area contributed by atoms with Crippen molar-refractivity contribution in [2.24, 2.45) is 0 Å². The molecule has 0 spiro atoms. The Morgan fingerprint density at radius 1 is 1.22 bits per heavy atom. The molecule has 6 heteroatoms. The number of nitrogens with zero attached hydrogens (tertiary/aromatic N) is 1. The van der Waals surface area contributed by atoms with Crippen molar-refractivity contribution >= 4 is 23.0 Å². The normalized spacial score (nSPS) is 9.78. The van der Waals surface area contributed by atoms with Crippen LogP contribution in [0.25, 0.3) is 0 Å². The van der Waals surface area contributed by atoms with E-state index < -0.39 is 5.97 Å². The van der Waals surface area contributed by atoms with Crippen molar-refractivity contribution < 1.29 is 19.1 Å².